The van der Waals surface area contributed by atoms with Gasteiger partial charge in [0.05, 0.1) is 20.3 Å². The van der Waals surface area contributed by atoms with Gasteiger partial charge in [0.15, 0.2) is 0 Å². The molecular weight excluding hydrogens is 418 g/mol. The summed E-state index contributed by atoms with van der Waals surface area (Å²) in [4.78, 5) is 9.01. The van der Waals surface area contributed by atoms with Gasteiger partial charge in [0.25, 0.3) is 0 Å². The van der Waals surface area contributed by atoms with E-state index in [4.69, 9.17) is 9.47 Å². The number of hydrogen-bond acceptors (Lipinski definition) is 7. The van der Waals surface area contributed by atoms with E-state index in [1.54, 1.807) is 25.4 Å². The minimum Gasteiger partial charge on any atom is -0.497 e. The van der Waals surface area contributed by atoms with Gasteiger partial charge in [-0.3, -0.25) is 0 Å². The Kier molecular flexibility index (Phi) is 6.21. The highest BCUT2D eigenvalue weighted by atomic mass is 32.2. The average molecular weight is 444 g/mol. The molecule has 0 aliphatic carbocycles. The molecule has 1 atom stereocenters. The molecule has 0 radical (unpaired) electrons. The lowest BCUT2D eigenvalue weighted by atomic mass is 10.1. The quantitative estimate of drug-likeness (QED) is 0.597. The monoisotopic (exact) mass is 443 g/mol. The van der Waals surface area contributed by atoms with Gasteiger partial charge in [-0.05, 0) is 29.8 Å². The van der Waals surface area contributed by atoms with Crippen LogP contribution >= 0.6 is 0 Å². The molecule has 1 aliphatic rings. The number of benzene rings is 1. The van der Waals surface area contributed by atoms with E-state index in [9.17, 15) is 8.42 Å². The maximum Gasteiger partial charge on any atom is 0.244 e. The third-order valence-corrected chi connectivity index (χ3v) is 7.06. The SMILES string of the molecule is COc1cccc(C(Nc2ccc(S(=O)(=O)N3CCOCC3)cn2)c2nccn2C)c1. The summed E-state index contributed by atoms with van der Waals surface area (Å²) in [5, 5.41) is 3.37. The lowest BCUT2D eigenvalue weighted by molar-refractivity contribution is 0.0730. The molecule has 0 saturated carbocycles. The number of morpholine rings is 1. The van der Waals surface area contributed by atoms with Gasteiger partial charge in [-0.15, -0.1) is 0 Å². The first kappa shape index (κ1) is 21.3. The molecule has 9 nitrogen and oxygen atoms in total. The zero-order valence-corrected chi connectivity index (χ0v) is 18.2. The Hall–Kier alpha value is -2.95. The highest BCUT2D eigenvalue weighted by Gasteiger charge is 2.27. The van der Waals surface area contributed by atoms with Crippen molar-refractivity contribution in [2.75, 3.05) is 38.7 Å². The van der Waals surface area contributed by atoms with Gasteiger partial charge in [0, 0.05) is 38.7 Å². The van der Waals surface area contributed by atoms with Crippen molar-refractivity contribution in [1.29, 1.82) is 0 Å². The van der Waals surface area contributed by atoms with Crippen molar-refractivity contribution >= 4 is 15.8 Å². The van der Waals surface area contributed by atoms with Crippen molar-refractivity contribution in [3.05, 3.63) is 66.4 Å². The molecule has 3 aromatic rings. The van der Waals surface area contributed by atoms with Gasteiger partial charge in [-0.25, -0.2) is 18.4 Å². The van der Waals surface area contributed by atoms with Crippen LogP contribution in [0.25, 0.3) is 0 Å². The van der Waals surface area contributed by atoms with Crippen LogP contribution in [0.1, 0.15) is 17.4 Å². The Morgan fingerprint density at radius 2 is 1.97 bits per heavy atom. The molecule has 2 aromatic heterocycles. The second kappa shape index (κ2) is 9.04. The number of aryl methyl sites for hydroxylation is 1. The predicted octanol–water partition coefficient (Wildman–Crippen LogP) is 2.05. The van der Waals surface area contributed by atoms with E-state index in [2.05, 4.69) is 15.3 Å². The first-order chi connectivity index (χ1) is 15.0. The molecule has 164 valence electrons. The molecule has 10 heteroatoms. The van der Waals surface area contributed by atoms with Crippen LogP contribution in [0, 0.1) is 0 Å². The molecule has 1 saturated heterocycles. The number of ether oxygens (including phenoxy) is 2. The molecule has 1 aromatic carbocycles. The average Bonchev–Trinajstić information content (AvgIpc) is 3.24. The molecule has 1 fully saturated rings. The number of sulfonamides is 1. The van der Waals surface area contributed by atoms with Crippen LogP contribution < -0.4 is 10.1 Å². The van der Waals surface area contributed by atoms with Crippen molar-refractivity contribution in [2.24, 2.45) is 7.05 Å². The van der Waals surface area contributed by atoms with Crippen molar-refractivity contribution in [3.8, 4) is 5.75 Å². The number of aromatic nitrogens is 3. The number of nitrogens with zero attached hydrogens (tertiary/aromatic N) is 4. The van der Waals surface area contributed by atoms with Gasteiger partial charge in [-0.1, -0.05) is 12.1 Å². The molecule has 0 amide bonds. The van der Waals surface area contributed by atoms with Crippen LogP contribution in [0.4, 0.5) is 5.82 Å². The zero-order chi connectivity index (χ0) is 21.8. The van der Waals surface area contributed by atoms with Crippen LogP contribution in [-0.4, -0.2) is 60.7 Å². The first-order valence-corrected chi connectivity index (χ1v) is 11.3. The van der Waals surface area contributed by atoms with Crippen LogP contribution in [-0.2, 0) is 21.8 Å². The summed E-state index contributed by atoms with van der Waals surface area (Å²) in [5.41, 5.74) is 0.945. The third-order valence-electron chi connectivity index (χ3n) is 5.18. The standard InChI is InChI=1S/C21H25N5O4S/c1-25-9-8-22-21(25)20(16-4-3-5-17(14-16)29-2)24-19-7-6-18(15-23-19)31(27,28)26-10-12-30-13-11-26/h3-9,14-15,20H,10-13H2,1-2H3,(H,23,24). The van der Waals surface area contributed by atoms with E-state index in [0.717, 1.165) is 17.1 Å². The minimum atomic E-state index is -3.59. The molecule has 0 spiro atoms. The van der Waals surface area contributed by atoms with Crippen molar-refractivity contribution in [3.63, 3.8) is 0 Å². The van der Waals surface area contributed by atoms with Crippen LogP contribution in [0.15, 0.2) is 59.9 Å². The van der Waals surface area contributed by atoms with Gasteiger partial charge >= 0.3 is 0 Å². The smallest absolute Gasteiger partial charge is 0.244 e. The van der Waals surface area contributed by atoms with Gasteiger partial charge in [0.1, 0.15) is 28.3 Å². The number of nitrogens with one attached hydrogen (secondary N) is 1. The summed E-state index contributed by atoms with van der Waals surface area (Å²) in [6.45, 7) is 1.50. The van der Waals surface area contributed by atoms with Crippen LogP contribution in [0.2, 0.25) is 0 Å². The molecule has 0 bridgehead atoms. The maximum absolute atomic E-state index is 12.8. The second-order valence-electron chi connectivity index (χ2n) is 7.15. The van der Waals surface area contributed by atoms with Gasteiger partial charge in [0.2, 0.25) is 10.0 Å². The summed E-state index contributed by atoms with van der Waals surface area (Å²) in [6, 6.07) is 10.6. The van der Waals surface area contributed by atoms with E-state index < -0.39 is 10.0 Å². The predicted molar refractivity (Wildman–Crippen MR) is 115 cm³/mol. The van der Waals surface area contributed by atoms with E-state index in [1.165, 1.54) is 10.5 Å². The summed E-state index contributed by atoms with van der Waals surface area (Å²) >= 11 is 0. The molecule has 1 unspecified atom stereocenters. The molecule has 1 aliphatic heterocycles. The van der Waals surface area contributed by atoms with E-state index in [-0.39, 0.29) is 10.9 Å². The van der Waals surface area contributed by atoms with E-state index in [0.29, 0.717) is 32.1 Å². The molecule has 3 heterocycles. The summed E-state index contributed by atoms with van der Waals surface area (Å²) in [5.74, 6) is 2.07. The Labute approximate surface area is 181 Å². The lowest BCUT2D eigenvalue weighted by Gasteiger charge is -2.26. The van der Waals surface area contributed by atoms with Crippen molar-refractivity contribution in [2.45, 2.75) is 10.9 Å². The number of methoxy groups -OCH3 is 1. The molecular formula is C21H25N5O4S. The normalized spacial score (nSPS) is 16.1. The summed E-state index contributed by atoms with van der Waals surface area (Å²) < 4.78 is 39.6. The van der Waals surface area contributed by atoms with Gasteiger partial charge < -0.3 is 19.4 Å². The number of anilines is 1. The molecule has 31 heavy (non-hydrogen) atoms. The van der Waals surface area contributed by atoms with E-state index >= 15 is 0 Å². The Morgan fingerprint density at radius 3 is 2.61 bits per heavy atom. The fourth-order valence-electron chi connectivity index (χ4n) is 3.48. The Bertz CT molecular complexity index is 1120. The van der Waals surface area contributed by atoms with Gasteiger partial charge in [-0.2, -0.15) is 4.31 Å². The third kappa shape index (κ3) is 4.55. The fraction of sp³-hybridized carbons (Fsp3) is 0.333. The lowest BCUT2D eigenvalue weighted by Crippen LogP contribution is -2.40. The molecule has 4 rings (SSSR count). The number of pyridine rings is 1. The number of imidazole rings is 1. The summed E-state index contributed by atoms with van der Waals surface area (Å²) in [7, 11) is -0.0465. The second-order valence-corrected chi connectivity index (χ2v) is 9.08. The Morgan fingerprint density at radius 1 is 1.16 bits per heavy atom. The van der Waals surface area contributed by atoms with E-state index in [1.807, 2.05) is 42.1 Å². The van der Waals surface area contributed by atoms with Crippen molar-refractivity contribution in [1.82, 2.24) is 18.8 Å². The fourth-order valence-corrected chi connectivity index (χ4v) is 4.83. The number of rotatable bonds is 7. The first-order valence-electron chi connectivity index (χ1n) is 9.90. The van der Waals surface area contributed by atoms with Crippen molar-refractivity contribution < 1.29 is 17.9 Å². The topological polar surface area (TPSA) is 98.6 Å². The highest BCUT2D eigenvalue weighted by molar-refractivity contribution is 7.89. The Balaban J connectivity index is 1.61. The number of hydrogen-bond donors (Lipinski definition) is 1. The maximum atomic E-state index is 12.8. The zero-order valence-electron chi connectivity index (χ0n) is 17.4. The highest BCUT2D eigenvalue weighted by Crippen LogP contribution is 2.28. The van der Waals surface area contributed by atoms with Crippen LogP contribution in [0.5, 0.6) is 5.75 Å². The van der Waals surface area contributed by atoms with Crippen LogP contribution in [0.3, 0.4) is 0 Å². The largest absolute Gasteiger partial charge is 0.497 e. The summed E-state index contributed by atoms with van der Waals surface area (Å²) in [6.07, 6.45) is 4.99. The molecule has 1 N–H and O–H groups in total. The minimum absolute atomic E-state index is 0.162.